The maximum absolute atomic E-state index is 13.9. The number of aromatic nitrogens is 2. The topological polar surface area (TPSA) is 59.2 Å². The lowest BCUT2D eigenvalue weighted by molar-refractivity contribution is -0.133. The maximum atomic E-state index is 13.9. The van der Waals surface area contributed by atoms with Crippen LogP contribution in [0.3, 0.4) is 0 Å². The first-order chi connectivity index (χ1) is 12.7. The van der Waals surface area contributed by atoms with E-state index in [1.807, 2.05) is 4.90 Å². The lowest BCUT2D eigenvalue weighted by atomic mass is 9.88. The summed E-state index contributed by atoms with van der Waals surface area (Å²) in [5.41, 5.74) is 0.301. The van der Waals surface area contributed by atoms with Crippen LogP contribution in [-0.2, 0) is 4.79 Å². The number of carbonyl (C=O) groups is 1. The van der Waals surface area contributed by atoms with Crippen LogP contribution < -0.4 is 0 Å². The van der Waals surface area contributed by atoms with E-state index in [1.165, 1.54) is 12.5 Å². The van der Waals surface area contributed by atoms with Crippen molar-refractivity contribution >= 4 is 23.7 Å². The molecule has 1 aromatic carbocycles. The largest absolute Gasteiger partial charge is 0.334 e. The predicted molar refractivity (Wildman–Crippen MR) is 98.4 cm³/mol. The number of carbonyl (C=O) groups excluding carboxylic acids is 1. The number of halogens is 1. The fourth-order valence-corrected chi connectivity index (χ4v) is 4.49. The summed E-state index contributed by atoms with van der Waals surface area (Å²) in [7, 11) is 0. The summed E-state index contributed by atoms with van der Waals surface area (Å²) < 4.78 is 19.1. The first-order valence-electron chi connectivity index (χ1n) is 8.97. The summed E-state index contributed by atoms with van der Waals surface area (Å²) in [5, 5.41) is 4.70. The standard InChI is InChI=1S/C19H20FN3O2S/c20-15-9-5-4-8-14(15)18-21-16(25-22-18)12-17-23(10-11-26-17)19(24)13-6-2-1-3-7-13/h4-5,8-9,12-13H,1-3,6-7,10-11H2/b17-12+. The fourth-order valence-electron chi connectivity index (χ4n) is 3.49. The molecule has 1 amide bonds. The molecule has 26 heavy (non-hydrogen) atoms. The molecule has 2 fully saturated rings. The van der Waals surface area contributed by atoms with Crippen molar-refractivity contribution in [2.75, 3.05) is 12.3 Å². The molecule has 5 nitrogen and oxygen atoms in total. The van der Waals surface area contributed by atoms with Gasteiger partial charge >= 0.3 is 0 Å². The molecule has 0 radical (unpaired) electrons. The normalized spacial score (nSPS) is 20.0. The summed E-state index contributed by atoms with van der Waals surface area (Å²) in [6.07, 6.45) is 7.17. The van der Waals surface area contributed by atoms with Gasteiger partial charge in [0.05, 0.1) is 10.6 Å². The van der Waals surface area contributed by atoms with E-state index in [0.29, 0.717) is 12.1 Å². The number of hydrogen-bond donors (Lipinski definition) is 0. The summed E-state index contributed by atoms with van der Waals surface area (Å²) in [4.78, 5) is 18.9. The summed E-state index contributed by atoms with van der Waals surface area (Å²) >= 11 is 1.61. The van der Waals surface area contributed by atoms with Crippen molar-refractivity contribution in [3.8, 4) is 11.4 Å². The highest BCUT2D eigenvalue weighted by molar-refractivity contribution is 8.03. The van der Waals surface area contributed by atoms with Crippen LogP contribution in [0.4, 0.5) is 4.39 Å². The molecule has 1 aliphatic heterocycles. The summed E-state index contributed by atoms with van der Waals surface area (Å²) in [6, 6.07) is 6.32. The predicted octanol–water partition coefficient (Wildman–Crippen LogP) is 4.33. The Balaban J connectivity index is 1.54. The third-order valence-electron chi connectivity index (χ3n) is 4.85. The molecule has 2 aliphatic rings. The quantitative estimate of drug-likeness (QED) is 0.801. The molecular weight excluding hydrogens is 353 g/mol. The Morgan fingerprint density at radius 1 is 1.27 bits per heavy atom. The van der Waals surface area contributed by atoms with Gasteiger partial charge in [-0.3, -0.25) is 4.79 Å². The Labute approximate surface area is 155 Å². The number of nitrogens with zero attached hydrogens (tertiary/aromatic N) is 3. The van der Waals surface area contributed by atoms with Crippen LogP contribution in [0.25, 0.3) is 17.5 Å². The number of amides is 1. The van der Waals surface area contributed by atoms with E-state index in [1.54, 1.807) is 36.0 Å². The van der Waals surface area contributed by atoms with E-state index in [9.17, 15) is 9.18 Å². The van der Waals surface area contributed by atoms with Crippen molar-refractivity contribution < 1.29 is 13.7 Å². The third-order valence-corrected chi connectivity index (χ3v) is 5.88. The van der Waals surface area contributed by atoms with Crippen molar-refractivity contribution in [1.82, 2.24) is 15.0 Å². The molecular formula is C19H20FN3O2S. The van der Waals surface area contributed by atoms with Crippen molar-refractivity contribution in [3.05, 3.63) is 41.0 Å². The molecule has 0 unspecified atom stereocenters. The second-order valence-corrected chi connectivity index (χ2v) is 7.71. The highest BCUT2D eigenvalue weighted by atomic mass is 32.2. The SMILES string of the molecule is O=C(C1CCCCC1)N1CCS/C1=C/c1nc(-c2ccccc2F)no1. The van der Waals surface area contributed by atoms with Crippen LogP contribution in [0.2, 0.25) is 0 Å². The van der Waals surface area contributed by atoms with Crippen LogP contribution in [0, 0.1) is 11.7 Å². The molecule has 0 bridgehead atoms. The molecule has 1 saturated heterocycles. The van der Waals surface area contributed by atoms with Crippen LogP contribution in [0.5, 0.6) is 0 Å². The number of thioether (sulfide) groups is 1. The minimum atomic E-state index is -0.392. The van der Waals surface area contributed by atoms with Gasteiger partial charge in [-0.15, -0.1) is 11.8 Å². The second kappa shape index (κ2) is 7.61. The van der Waals surface area contributed by atoms with E-state index in [0.717, 1.165) is 36.5 Å². The molecule has 2 heterocycles. The molecule has 0 N–H and O–H groups in total. The first kappa shape index (κ1) is 17.3. The zero-order valence-corrected chi connectivity index (χ0v) is 15.2. The minimum Gasteiger partial charge on any atom is -0.334 e. The molecule has 1 saturated carbocycles. The number of hydrogen-bond acceptors (Lipinski definition) is 5. The van der Waals surface area contributed by atoms with Gasteiger partial charge in [0, 0.05) is 24.3 Å². The molecule has 2 aromatic rings. The van der Waals surface area contributed by atoms with Crippen LogP contribution >= 0.6 is 11.8 Å². The van der Waals surface area contributed by atoms with Crippen LogP contribution in [-0.4, -0.2) is 33.2 Å². The van der Waals surface area contributed by atoms with Gasteiger partial charge < -0.3 is 9.42 Å². The average molecular weight is 373 g/mol. The molecule has 0 atom stereocenters. The van der Waals surface area contributed by atoms with Gasteiger partial charge in [0.25, 0.3) is 5.89 Å². The van der Waals surface area contributed by atoms with Gasteiger partial charge in [0.1, 0.15) is 5.82 Å². The van der Waals surface area contributed by atoms with Gasteiger partial charge in [-0.2, -0.15) is 4.98 Å². The molecule has 7 heteroatoms. The fraction of sp³-hybridized carbons (Fsp3) is 0.421. The van der Waals surface area contributed by atoms with Gasteiger partial charge in [0.15, 0.2) is 0 Å². The Morgan fingerprint density at radius 2 is 2.08 bits per heavy atom. The minimum absolute atomic E-state index is 0.127. The Kier molecular flexibility index (Phi) is 5.06. The third kappa shape index (κ3) is 3.53. The zero-order valence-electron chi connectivity index (χ0n) is 14.4. The summed E-state index contributed by atoms with van der Waals surface area (Å²) in [5.74, 6) is 1.30. The van der Waals surface area contributed by atoms with E-state index in [-0.39, 0.29) is 23.5 Å². The van der Waals surface area contributed by atoms with Crippen LogP contribution in [0.1, 0.15) is 38.0 Å². The Morgan fingerprint density at radius 3 is 2.88 bits per heavy atom. The zero-order chi connectivity index (χ0) is 17.9. The lowest BCUT2D eigenvalue weighted by Gasteiger charge is -2.26. The lowest BCUT2D eigenvalue weighted by Crippen LogP contribution is -2.34. The second-order valence-electron chi connectivity index (χ2n) is 6.59. The van der Waals surface area contributed by atoms with Crippen molar-refractivity contribution in [2.45, 2.75) is 32.1 Å². The molecule has 1 aliphatic carbocycles. The highest BCUT2D eigenvalue weighted by Gasteiger charge is 2.31. The smallest absolute Gasteiger partial charge is 0.253 e. The number of rotatable bonds is 3. The number of benzene rings is 1. The highest BCUT2D eigenvalue weighted by Crippen LogP contribution is 2.34. The molecule has 1 aromatic heterocycles. The van der Waals surface area contributed by atoms with Gasteiger partial charge in [-0.25, -0.2) is 4.39 Å². The van der Waals surface area contributed by atoms with Gasteiger partial charge in [-0.05, 0) is 25.0 Å². The van der Waals surface area contributed by atoms with E-state index in [4.69, 9.17) is 4.52 Å². The monoisotopic (exact) mass is 373 g/mol. The average Bonchev–Trinajstić information content (AvgIpc) is 3.32. The van der Waals surface area contributed by atoms with Crippen LogP contribution in [0.15, 0.2) is 33.8 Å². The molecule has 136 valence electrons. The Bertz CT molecular complexity index is 830. The van der Waals surface area contributed by atoms with E-state index < -0.39 is 5.82 Å². The Hall–Kier alpha value is -2.15. The van der Waals surface area contributed by atoms with Crippen molar-refractivity contribution in [3.63, 3.8) is 0 Å². The molecule has 0 spiro atoms. The van der Waals surface area contributed by atoms with Gasteiger partial charge in [-0.1, -0.05) is 36.6 Å². The van der Waals surface area contributed by atoms with Crippen molar-refractivity contribution in [1.29, 1.82) is 0 Å². The van der Waals surface area contributed by atoms with E-state index in [2.05, 4.69) is 10.1 Å². The molecule has 4 rings (SSSR count). The van der Waals surface area contributed by atoms with Gasteiger partial charge in [0.2, 0.25) is 11.7 Å². The van der Waals surface area contributed by atoms with Crippen molar-refractivity contribution in [2.24, 2.45) is 5.92 Å². The summed E-state index contributed by atoms with van der Waals surface area (Å²) in [6.45, 7) is 0.708. The maximum Gasteiger partial charge on any atom is 0.253 e. The van der Waals surface area contributed by atoms with E-state index >= 15 is 0 Å². The first-order valence-corrected chi connectivity index (χ1v) is 9.95.